The van der Waals surface area contributed by atoms with E-state index in [0.717, 1.165) is 12.1 Å². The number of amides is 1. The van der Waals surface area contributed by atoms with Crippen molar-refractivity contribution in [1.29, 1.82) is 0 Å². The second-order valence-electron chi connectivity index (χ2n) is 5.39. The molecule has 0 aliphatic carbocycles. The van der Waals surface area contributed by atoms with Gasteiger partial charge in [0.05, 0.1) is 19.3 Å². The van der Waals surface area contributed by atoms with Crippen LogP contribution in [0, 0.1) is 11.6 Å². The van der Waals surface area contributed by atoms with Crippen molar-refractivity contribution in [2.24, 2.45) is 0 Å². The molecule has 0 radical (unpaired) electrons. The fourth-order valence-electron chi connectivity index (χ4n) is 2.40. The van der Waals surface area contributed by atoms with Crippen LogP contribution < -0.4 is 14.8 Å². The van der Waals surface area contributed by atoms with Crippen LogP contribution in [0.5, 0.6) is 11.5 Å². The largest absolute Gasteiger partial charge is 0.490 e. The molecule has 0 aliphatic rings. The zero-order valence-electron chi connectivity index (χ0n) is 14.4. The van der Waals surface area contributed by atoms with Gasteiger partial charge in [-0.15, -0.1) is 0 Å². The van der Waals surface area contributed by atoms with Gasteiger partial charge in [0, 0.05) is 17.2 Å². The topological polar surface area (TPSA) is 47.6 Å². The summed E-state index contributed by atoms with van der Waals surface area (Å²) < 4.78 is 37.8. The maximum atomic E-state index is 13.8. The fraction of sp³-hybridized carbons (Fsp3) is 0.316. The van der Waals surface area contributed by atoms with Crippen LogP contribution in [-0.2, 0) is 0 Å². The molecule has 0 aromatic heterocycles. The minimum absolute atomic E-state index is 0.214. The van der Waals surface area contributed by atoms with Crippen molar-refractivity contribution < 1.29 is 23.0 Å². The Bertz CT molecular complexity index is 749. The minimum Gasteiger partial charge on any atom is -0.490 e. The van der Waals surface area contributed by atoms with Crippen molar-refractivity contribution in [3.8, 4) is 11.5 Å². The summed E-state index contributed by atoms with van der Waals surface area (Å²) in [4.78, 5) is 12.4. The Labute approximate surface area is 145 Å². The molecule has 1 amide bonds. The Morgan fingerprint density at radius 3 is 2.36 bits per heavy atom. The Morgan fingerprint density at radius 1 is 1.04 bits per heavy atom. The average Bonchev–Trinajstić information content (AvgIpc) is 2.56. The third kappa shape index (κ3) is 4.68. The lowest BCUT2D eigenvalue weighted by Crippen LogP contribution is -2.27. The monoisotopic (exact) mass is 349 g/mol. The predicted octanol–water partition coefficient (Wildman–Crippen LogP) is 4.25. The van der Waals surface area contributed by atoms with Crippen LogP contribution in [0.2, 0.25) is 0 Å². The zero-order chi connectivity index (χ0) is 18.4. The highest BCUT2D eigenvalue weighted by Crippen LogP contribution is 2.29. The average molecular weight is 349 g/mol. The molecule has 2 rings (SSSR count). The number of benzene rings is 2. The fourth-order valence-corrected chi connectivity index (χ4v) is 2.40. The van der Waals surface area contributed by atoms with Crippen LogP contribution in [0.1, 0.15) is 42.7 Å². The third-order valence-electron chi connectivity index (χ3n) is 3.58. The number of halogens is 2. The van der Waals surface area contributed by atoms with E-state index in [1.807, 2.05) is 13.8 Å². The first-order valence-electron chi connectivity index (χ1n) is 8.11. The maximum absolute atomic E-state index is 13.8. The predicted molar refractivity (Wildman–Crippen MR) is 91.0 cm³/mol. The van der Waals surface area contributed by atoms with Crippen LogP contribution in [0.25, 0.3) is 0 Å². The zero-order valence-corrected chi connectivity index (χ0v) is 14.4. The summed E-state index contributed by atoms with van der Waals surface area (Å²) in [7, 11) is 0. The molecule has 2 aromatic rings. The van der Waals surface area contributed by atoms with E-state index in [1.54, 1.807) is 25.1 Å². The molecule has 0 saturated heterocycles. The molecular weight excluding hydrogens is 328 g/mol. The lowest BCUT2D eigenvalue weighted by atomic mass is 10.1. The number of carbonyl (C=O) groups is 1. The van der Waals surface area contributed by atoms with Crippen LogP contribution in [0.4, 0.5) is 8.78 Å². The number of hydrogen-bond donors (Lipinski definition) is 1. The van der Waals surface area contributed by atoms with E-state index >= 15 is 0 Å². The van der Waals surface area contributed by atoms with Gasteiger partial charge in [0.2, 0.25) is 0 Å². The Kier molecular flexibility index (Phi) is 6.33. The lowest BCUT2D eigenvalue weighted by molar-refractivity contribution is 0.0939. The van der Waals surface area contributed by atoms with E-state index in [9.17, 15) is 13.6 Å². The van der Waals surface area contributed by atoms with Crippen molar-refractivity contribution in [1.82, 2.24) is 5.32 Å². The molecule has 1 atom stereocenters. The molecule has 0 heterocycles. The summed E-state index contributed by atoms with van der Waals surface area (Å²) in [6, 6.07) is 7.50. The molecule has 134 valence electrons. The molecule has 25 heavy (non-hydrogen) atoms. The molecule has 4 nitrogen and oxygen atoms in total. The summed E-state index contributed by atoms with van der Waals surface area (Å²) in [6.07, 6.45) is 0. The van der Waals surface area contributed by atoms with Gasteiger partial charge in [0.15, 0.2) is 11.5 Å². The van der Waals surface area contributed by atoms with Gasteiger partial charge >= 0.3 is 0 Å². The molecule has 0 saturated carbocycles. The van der Waals surface area contributed by atoms with E-state index in [-0.39, 0.29) is 11.5 Å². The maximum Gasteiger partial charge on any atom is 0.251 e. The molecule has 0 fully saturated rings. The van der Waals surface area contributed by atoms with E-state index in [0.29, 0.717) is 30.3 Å². The quantitative estimate of drug-likeness (QED) is 0.813. The molecule has 0 aliphatic heterocycles. The van der Waals surface area contributed by atoms with E-state index in [2.05, 4.69) is 5.32 Å². The molecule has 6 heteroatoms. The summed E-state index contributed by atoms with van der Waals surface area (Å²) in [6.45, 7) is 6.23. The molecule has 1 N–H and O–H groups in total. The van der Waals surface area contributed by atoms with E-state index < -0.39 is 17.7 Å². The SMILES string of the molecule is CCOc1ccc(C(=O)NC(C)c2ccc(F)cc2F)cc1OCC. The van der Waals surface area contributed by atoms with Crippen LogP contribution in [-0.4, -0.2) is 19.1 Å². The van der Waals surface area contributed by atoms with Gasteiger partial charge < -0.3 is 14.8 Å². The van der Waals surface area contributed by atoms with Crippen LogP contribution in [0.3, 0.4) is 0 Å². The number of hydrogen-bond acceptors (Lipinski definition) is 3. The second kappa shape index (κ2) is 8.46. The first kappa shape index (κ1) is 18.7. The first-order valence-corrected chi connectivity index (χ1v) is 8.11. The summed E-state index contributed by atoms with van der Waals surface area (Å²) >= 11 is 0. The Hall–Kier alpha value is -2.63. The Morgan fingerprint density at radius 2 is 1.72 bits per heavy atom. The number of ether oxygens (including phenoxy) is 2. The van der Waals surface area contributed by atoms with Crippen LogP contribution in [0.15, 0.2) is 36.4 Å². The summed E-state index contributed by atoms with van der Waals surface area (Å²) in [5.41, 5.74) is 0.576. The van der Waals surface area contributed by atoms with Crippen molar-refractivity contribution in [2.45, 2.75) is 26.8 Å². The first-order chi connectivity index (χ1) is 12.0. The standard InChI is InChI=1S/C19H21F2NO3/c1-4-24-17-9-6-13(10-18(17)25-5-2)19(23)22-12(3)15-8-7-14(20)11-16(15)21/h6-12H,4-5H2,1-3H3,(H,22,23). The molecule has 2 aromatic carbocycles. The third-order valence-corrected chi connectivity index (χ3v) is 3.58. The van der Waals surface area contributed by atoms with Crippen molar-refractivity contribution in [3.05, 3.63) is 59.2 Å². The summed E-state index contributed by atoms with van der Waals surface area (Å²) in [5.74, 6) is -0.724. The van der Waals surface area contributed by atoms with Gasteiger partial charge in [0.25, 0.3) is 5.91 Å². The number of carbonyl (C=O) groups excluding carboxylic acids is 1. The lowest BCUT2D eigenvalue weighted by Gasteiger charge is -2.16. The molecule has 1 unspecified atom stereocenters. The number of nitrogens with one attached hydrogen (secondary N) is 1. The van der Waals surface area contributed by atoms with Gasteiger partial charge in [-0.05, 0) is 45.0 Å². The summed E-state index contributed by atoms with van der Waals surface area (Å²) in [5, 5.41) is 2.70. The highest BCUT2D eigenvalue weighted by atomic mass is 19.1. The molecule has 0 spiro atoms. The normalized spacial score (nSPS) is 11.7. The molecule has 0 bridgehead atoms. The minimum atomic E-state index is -0.700. The van der Waals surface area contributed by atoms with Crippen LogP contribution >= 0.6 is 0 Å². The molecular formula is C19H21F2NO3. The van der Waals surface area contributed by atoms with Crippen molar-refractivity contribution in [3.63, 3.8) is 0 Å². The van der Waals surface area contributed by atoms with E-state index in [4.69, 9.17) is 9.47 Å². The van der Waals surface area contributed by atoms with Gasteiger partial charge in [-0.25, -0.2) is 8.78 Å². The van der Waals surface area contributed by atoms with Gasteiger partial charge in [-0.2, -0.15) is 0 Å². The smallest absolute Gasteiger partial charge is 0.251 e. The highest BCUT2D eigenvalue weighted by Gasteiger charge is 2.17. The highest BCUT2D eigenvalue weighted by molar-refractivity contribution is 5.95. The second-order valence-corrected chi connectivity index (χ2v) is 5.39. The van der Waals surface area contributed by atoms with Crippen molar-refractivity contribution >= 4 is 5.91 Å². The van der Waals surface area contributed by atoms with Crippen molar-refractivity contribution in [2.75, 3.05) is 13.2 Å². The van der Waals surface area contributed by atoms with Gasteiger partial charge in [-0.3, -0.25) is 4.79 Å². The number of rotatable bonds is 7. The van der Waals surface area contributed by atoms with Gasteiger partial charge in [-0.1, -0.05) is 6.07 Å². The van der Waals surface area contributed by atoms with Gasteiger partial charge in [0.1, 0.15) is 11.6 Å². The van der Waals surface area contributed by atoms with E-state index in [1.165, 1.54) is 6.07 Å². The Balaban J connectivity index is 2.18.